The minimum absolute atomic E-state index is 0.160. The summed E-state index contributed by atoms with van der Waals surface area (Å²) in [5.41, 5.74) is 6.57. The van der Waals surface area contributed by atoms with Crippen molar-refractivity contribution in [3.05, 3.63) is 83.4 Å². The summed E-state index contributed by atoms with van der Waals surface area (Å²) in [5, 5.41) is 2.11. The molecule has 4 nitrogen and oxygen atoms in total. The zero-order valence-electron chi connectivity index (χ0n) is 13.2. The molecule has 3 rings (SSSR count). The van der Waals surface area contributed by atoms with E-state index < -0.39 is 18.0 Å². The Morgan fingerprint density at radius 1 is 0.875 bits per heavy atom. The van der Waals surface area contributed by atoms with Crippen LogP contribution in [0.1, 0.15) is 39.3 Å². The highest BCUT2D eigenvalue weighted by Crippen LogP contribution is 2.27. The third-order valence-electron chi connectivity index (χ3n) is 3.96. The number of ether oxygens (including phenoxy) is 1. The van der Waals surface area contributed by atoms with Crippen LogP contribution < -0.4 is 5.73 Å². The summed E-state index contributed by atoms with van der Waals surface area (Å²) >= 11 is 0. The van der Waals surface area contributed by atoms with Gasteiger partial charge in [-0.1, -0.05) is 54.6 Å². The normalized spacial score (nSPS) is 11.9. The molecule has 0 saturated carbocycles. The van der Waals surface area contributed by atoms with Gasteiger partial charge < -0.3 is 10.5 Å². The fraction of sp³-hybridized carbons (Fsp3) is 0.100. The maximum Gasteiger partial charge on any atom is 0.339 e. The van der Waals surface area contributed by atoms with Crippen molar-refractivity contribution < 1.29 is 14.3 Å². The number of primary amides is 1. The summed E-state index contributed by atoms with van der Waals surface area (Å²) in [6, 6.07) is 20.2. The second-order valence-electron chi connectivity index (χ2n) is 5.53. The lowest BCUT2D eigenvalue weighted by atomic mass is 10.0. The molecule has 0 fully saturated rings. The lowest BCUT2D eigenvalue weighted by Crippen LogP contribution is -2.18. The Hall–Kier alpha value is -3.14. The number of nitrogens with two attached hydrogens (primary N) is 1. The molecule has 3 aromatic carbocycles. The molecular weight excluding hydrogens is 302 g/mol. The fourth-order valence-corrected chi connectivity index (χ4v) is 2.77. The summed E-state index contributed by atoms with van der Waals surface area (Å²) in [4.78, 5) is 23.9. The van der Waals surface area contributed by atoms with Gasteiger partial charge in [-0.3, -0.25) is 4.79 Å². The molecular formula is C20H17NO3. The Bertz CT molecular complexity index is 912. The Morgan fingerprint density at radius 2 is 1.50 bits per heavy atom. The minimum Gasteiger partial charge on any atom is -0.454 e. The van der Waals surface area contributed by atoms with Crippen LogP contribution in [0.5, 0.6) is 0 Å². The highest BCUT2D eigenvalue weighted by Gasteiger charge is 2.19. The van der Waals surface area contributed by atoms with Gasteiger partial charge in [-0.25, -0.2) is 4.79 Å². The van der Waals surface area contributed by atoms with Crippen molar-refractivity contribution in [3.63, 3.8) is 0 Å². The van der Waals surface area contributed by atoms with Gasteiger partial charge in [-0.2, -0.15) is 0 Å². The third kappa shape index (κ3) is 2.99. The van der Waals surface area contributed by atoms with Gasteiger partial charge in [0.2, 0.25) is 5.91 Å². The van der Waals surface area contributed by atoms with Crippen molar-refractivity contribution in [1.29, 1.82) is 0 Å². The highest BCUT2D eigenvalue weighted by atomic mass is 16.5. The monoisotopic (exact) mass is 319 g/mol. The van der Waals surface area contributed by atoms with Crippen LogP contribution in [-0.4, -0.2) is 11.9 Å². The summed E-state index contributed by atoms with van der Waals surface area (Å²) in [5.74, 6) is -1.22. The van der Waals surface area contributed by atoms with E-state index in [2.05, 4.69) is 0 Å². The van der Waals surface area contributed by atoms with E-state index >= 15 is 0 Å². The molecule has 0 heterocycles. The predicted octanol–water partition coefficient (Wildman–Crippen LogP) is 3.86. The van der Waals surface area contributed by atoms with E-state index in [1.165, 1.54) is 12.1 Å². The number of esters is 1. The van der Waals surface area contributed by atoms with Crippen molar-refractivity contribution in [2.45, 2.75) is 13.0 Å². The number of amides is 1. The number of rotatable bonds is 4. The van der Waals surface area contributed by atoms with E-state index in [0.29, 0.717) is 0 Å². The largest absolute Gasteiger partial charge is 0.454 e. The van der Waals surface area contributed by atoms with Crippen LogP contribution in [0.15, 0.2) is 66.7 Å². The van der Waals surface area contributed by atoms with E-state index in [9.17, 15) is 9.59 Å². The number of carbonyl (C=O) groups is 2. The molecule has 0 aliphatic heterocycles. The topological polar surface area (TPSA) is 69.4 Å². The molecule has 0 unspecified atom stereocenters. The highest BCUT2D eigenvalue weighted by molar-refractivity contribution is 6.04. The second-order valence-corrected chi connectivity index (χ2v) is 5.53. The van der Waals surface area contributed by atoms with Crippen LogP contribution in [0.4, 0.5) is 0 Å². The van der Waals surface area contributed by atoms with Crippen molar-refractivity contribution >= 4 is 22.6 Å². The standard InChI is InChI=1S/C20H17NO3/c1-13(15-12-6-8-14-7-2-3-9-16(14)15)24-20(23)18-11-5-4-10-17(18)19(21)22/h2-13H,1H3,(H2,21,22)/t13-/m1/s1. The first-order chi connectivity index (χ1) is 11.6. The SMILES string of the molecule is C[C@@H](OC(=O)c1ccccc1C(N)=O)c1cccc2ccccc12. The molecule has 0 radical (unpaired) electrons. The van der Waals surface area contributed by atoms with Crippen LogP contribution in [0.25, 0.3) is 10.8 Å². The molecule has 0 aliphatic carbocycles. The van der Waals surface area contributed by atoms with E-state index in [0.717, 1.165) is 16.3 Å². The number of carbonyl (C=O) groups excluding carboxylic acids is 2. The first-order valence-corrected chi connectivity index (χ1v) is 7.65. The Morgan fingerprint density at radius 3 is 2.25 bits per heavy atom. The molecule has 3 aromatic rings. The van der Waals surface area contributed by atoms with Crippen molar-refractivity contribution in [2.75, 3.05) is 0 Å². The average Bonchev–Trinajstić information content (AvgIpc) is 2.61. The predicted molar refractivity (Wildman–Crippen MR) is 92.7 cm³/mol. The number of benzene rings is 3. The molecule has 0 spiro atoms. The van der Waals surface area contributed by atoms with E-state index in [4.69, 9.17) is 10.5 Å². The van der Waals surface area contributed by atoms with Crippen LogP contribution in [0.3, 0.4) is 0 Å². The molecule has 4 heteroatoms. The maximum atomic E-state index is 12.5. The Labute approximate surface area is 139 Å². The summed E-state index contributed by atoms with van der Waals surface area (Å²) < 4.78 is 5.57. The Balaban J connectivity index is 1.91. The summed E-state index contributed by atoms with van der Waals surface area (Å²) in [6.07, 6.45) is -0.454. The minimum atomic E-state index is -0.652. The van der Waals surface area contributed by atoms with Gasteiger partial charge in [-0.15, -0.1) is 0 Å². The molecule has 1 amide bonds. The van der Waals surface area contributed by atoms with Gasteiger partial charge in [0.25, 0.3) is 0 Å². The Kier molecular flexibility index (Phi) is 4.29. The summed E-state index contributed by atoms with van der Waals surface area (Å²) in [7, 11) is 0. The molecule has 2 N–H and O–H groups in total. The molecule has 0 bridgehead atoms. The number of hydrogen-bond donors (Lipinski definition) is 1. The fourth-order valence-electron chi connectivity index (χ4n) is 2.77. The zero-order chi connectivity index (χ0) is 17.1. The molecule has 24 heavy (non-hydrogen) atoms. The van der Waals surface area contributed by atoms with Gasteiger partial charge >= 0.3 is 5.97 Å². The average molecular weight is 319 g/mol. The van der Waals surface area contributed by atoms with Crippen LogP contribution in [0, 0.1) is 0 Å². The smallest absolute Gasteiger partial charge is 0.339 e. The maximum absolute atomic E-state index is 12.5. The molecule has 1 atom stereocenters. The number of fused-ring (bicyclic) bond motifs is 1. The van der Waals surface area contributed by atoms with E-state index in [-0.39, 0.29) is 11.1 Å². The van der Waals surface area contributed by atoms with Gasteiger partial charge in [-0.05, 0) is 35.4 Å². The second kappa shape index (κ2) is 6.54. The lowest BCUT2D eigenvalue weighted by molar-refractivity contribution is 0.0338. The molecule has 0 saturated heterocycles. The quantitative estimate of drug-likeness (QED) is 0.742. The van der Waals surface area contributed by atoms with Gasteiger partial charge in [0.1, 0.15) is 6.10 Å². The molecule has 0 aliphatic rings. The molecule has 0 aromatic heterocycles. The molecule has 120 valence electrons. The van der Waals surface area contributed by atoms with Gasteiger partial charge in [0.05, 0.1) is 11.1 Å². The van der Waals surface area contributed by atoms with Crippen molar-refractivity contribution in [1.82, 2.24) is 0 Å². The van der Waals surface area contributed by atoms with Gasteiger partial charge in [0, 0.05) is 0 Å². The zero-order valence-corrected chi connectivity index (χ0v) is 13.2. The summed E-state index contributed by atoms with van der Waals surface area (Å²) in [6.45, 7) is 1.81. The third-order valence-corrected chi connectivity index (χ3v) is 3.96. The van der Waals surface area contributed by atoms with Crippen LogP contribution >= 0.6 is 0 Å². The first kappa shape index (κ1) is 15.7. The van der Waals surface area contributed by atoms with Gasteiger partial charge in [0.15, 0.2) is 0 Å². The van der Waals surface area contributed by atoms with Crippen LogP contribution in [0.2, 0.25) is 0 Å². The van der Waals surface area contributed by atoms with E-state index in [1.807, 2.05) is 49.4 Å². The van der Waals surface area contributed by atoms with Crippen LogP contribution in [-0.2, 0) is 4.74 Å². The van der Waals surface area contributed by atoms with Crippen molar-refractivity contribution in [2.24, 2.45) is 5.73 Å². The first-order valence-electron chi connectivity index (χ1n) is 7.65. The van der Waals surface area contributed by atoms with Crippen molar-refractivity contribution in [3.8, 4) is 0 Å². The van der Waals surface area contributed by atoms with E-state index in [1.54, 1.807) is 12.1 Å². The lowest BCUT2D eigenvalue weighted by Gasteiger charge is -2.16. The number of hydrogen-bond acceptors (Lipinski definition) is 3.